The first kappa shape index (κ1) is 16.5. The Morgan fingerprint density at radius 3 is 2.75 bits per heavy atom. The average molecular weight is 299 g/mol. The molecule has 0 radical (unpaired) electrons. The molecule has 110 valence electrons. The number of carbonyl (C=O) groups excluding carboxylic acids is 2. The molecule has 0 aromatic heterocycles. The molecule has 1 aromatic rings. The van der Waals surface area contributed by atoms with Crippen molar-refractivity contribution in [3.8, 4) is 5.75 Å². The maximum Gasteiger partial charge on any atom is 0.305 e. The number of esters is 1. The second-order valence-electron chi connectivity index (χ2n) is 4.27. The first-order valence-corrected chi connectivity index (χ1v) is 7.08. The minimum absolute atomic E-state index is 0.152. The molecule has 0 amide bonds. The summed E-state index contributed by atoms with van der Waals surface area (Å²) in [4.78, 5) is 21.7. The van der Waals surface area contributed by atoms with Gasteiger partial charge >= 0.3 is 5.97 Å². The van der Waals surface area contributed by atoms with Gasteiger partial charge in [-0.2, -0.15) is 0 Å². The maximum atomic E-state index is 11.1. The Kier molecular flexibility index (Phi) is 7.73. The molecule has 5 heteroatoms. The normalized spacial score (nSPS) is 10.1. The number of hydrogen-bond donors (Lipinski definition) is 0. The lowest BCUT2D eigenvalue weighted by atomic mass is 10.2. The number of ether oxygens (including phenoxy) is 2. The van der Waals surface area contributed by atoms with Gasteiger partial charge < -0.3 is 9.47 Å². The Morgan fingerprint density at radius 1 is 1.30 bits per heavy atom. The minimum Gasteiger partial charge on any atom is -0.492 e. The first-order valence-electron chi connectivity index (χ1n) is 6.70. The lowest BCUT2D eigenvalue weighted by Gasteiger charge is -2.08. The second kappa shape index (κ2) is 9.37. The van der Waals surface area contributed by atoms with Crippen molar-refractivity contribution in [1.29, 1.82) is 0 Å². The van der Waals surface area contributed by atoms with Crippen LogP contribution in [0.4, 0.5) is 0 Å². The van der Waals surface area contributed by atoms with E-state index >= 15 is 0 Å². The number of benzene rings is 1. The molecule has 0 aliphatic heterocycles. The number of carbonyl (C=O) groups is 2. The summed E-state index contributed by atoms with van der Waals surface area (Å²) in [6.45, 7) is 2.76. The second-order valence-corrected chi connectivity index (χ2v) is 4.68. The molecule has 1 aromatic carbocycles. The van der Waals surface area contributed by atoms with E-state index in [9.17, 15) is 9.59 Å². The summed E-state index contributed by atoms with van der Waals surface area (Å²) in [6.07, 6.45) is 3.71. The largest absolute Gasteiger partial charge is 0.492 e. The quantitative estimate of drug-likeness (QED) is 0.397. The van der Waals surface area contributed by atoms with Crippen molar-refractivity contribution >= 4 is 23.9 Å². The van der Waals surface area contributed by atoms with Gasteiger partial charge in [0.1, 0.15) is 12.0 Å². The minimum atomic E-state index is -0.152. The molecule has 4 nitrogen and oxygen atoms in total. The Bertz CT molecular complexity index is 445. The van der Waals surface area contributed by atoms with Gasteiger partial charge in [0.25, 0.3) is 0 Å². The van der Waals surface area contributed by atoms with Gasteiger partial charge in [-0.1, -0.05) is 11.6 Å². The van der Waals surface area contributed by atoms with E-state index in [1.165, 1.54) is 0 Å². The van der Waals surface area contributed by atoms with Crippen molar-refractivity contribution < 1.29 is 19.1 Å². The third kappa shape index (κ3) is 6.06. The summed E-state index contributed by atoms with van der Waals surface area (Å²) >= 11 is 5.98. The van der Waals surface area contributed by atoms with Crippen LogP contribution in [0.25, 0.3) is 0 Å². The SMILES string of the molecule is CCOC(=O)CCCCCOc1ccc(C=O)cc1Cl. The molecule has 0 saturated heterocycles. The fraction of sp³-hybridized carbons (Fsp3) is 0.467. The van der Waals surface area contributed by atoms with Crippen LogP contribution in [-0.2, 0) is 9.53 Å². The van der Waals surface area contributed by atoms with Gasteiger partial charge in [0.15, 0.2) is 0 Å². The molecule has 0 aliphatic rings. The van der Waals surface area contributed by atoms with Gasteiger partial charge in [-0.15, -0.1) is 0 Å². The standard InChI is InChI=1S/C15H19ClO4/c1-2-19-15(18)6-4-3-5-9-20-14-8-7-12(11-17)10-13(14)16/h7-8,10-11H,2-6,9H2,1H3. The number of rotatable bonds is 9. The van der Waals surface area contributed by atoms with Gasteiger partial charge in [0.05, 0.1) is 18.2 Å². The molecule has 20 heavy (non-hydrogen) atoms. The van der Waals surface area contributed by atoms with Gasteiger partial charge in [0, 0.05) is 12.0 Å². The first-order chi connectivity index (χ1) is 9.67. The zero-order valence-electron chi connectivity index (χ0n) is 11.6. The number of halogens is 1. The Morgan fingerprint density at radius 2 is 2.10 bits per heavy atom. The molecular weight excluding hydrogens is 280 g/mol. The molecule has 0 spiro atoms. The highest BCUT2D eigenvalue weighted by Crippen LogP contribution is 2.25. The van der Waals surface area contributed by atoms with Gasteiger partial charge in [0.2, 0.25) is 0 Å². The van der Waals surface area contributed by atoms with Gasteiger partial charge in [-0.3, -0.25) is 9.59 Å². The molecular formula is C15H19ClO4. The Hall–Kier alpha value is -1.55. The lowest BCUT2D eigenvalue weighted by Crippen LogP contribution is -2.04. The summed E-state index contributed by atoms with van der Waals surface area (Å²) in [5.41, 5.74) is 0.525. The highest BCUT2D eigenvalue weighted by molar-refractivity contribution is 6.32. The van der Waals surface area contributed by atoms with Crippen molar-refractivity contribution in [3.05, 3.63) is 28.8 Å². The highest BCUT2D eigenvalue weighted by atomic mass is 35.5. The van der Waals surface area contributed by atoms with E-state index in [1.54, 1.807) is 25.1 Å². The van der Waals surface area contributed by atoms with E-state index in [0.717, 1.165) is 25.5 Å². The summed E-state index contributed by atoms with van der Waals surface area (Å²) in [5.74, 6) is 0.420. The summed E-state index contributed by atoms with van der Waals surface area (Å²) in [5, 5.41) is 0.432. The summed E-state index contributed by atoms with van der Waals surface area (Å²) in [7, 11) is 0. The molecule has 0 N–H and O–H groups in total. The monoisotopic (exact) mass is 298 g/mol. The van der Waals surface area contributed by atoms with Gasteiger partial charge in [-0.25, -0.2) is 0 Å². The van der Waals surface area contributed by atoms with Crippen LogP contribution < -0.4 is 4.74 Å². The van der Waals surface area contributed by atoms with Crippen molar-refractivity contribution in [2.24, 2.45) is 0 Å². The number of hydrogen-bond acceptors (Lipinski definition) is 4. The molecule has 0 aliphatic carbocycles. The smallest absolute Gasteiger partial charge is 0.305 e. The predicted molar refractivity (Wildman–Crippen MR) is 77.4 cm³/mol. The van der Waals surface area contributed by atoms with E-state index in [1.807, 2.05) is 0 Å². The van der Waals surface area contributed by atoms with E-state index in [0.29, 0.717) is 36.0 Å². The molecule has 0 saturated carbocycles. The van der Waals surface area contributed by atoms with Crippen LogP contribution >= 0.6 is 11.6 Å². The van der Waals surface area contributed by atoms with Crippen LogP contribution in [0, 0.1) is 0 Å². The van der Waals surface area contributed by atoms with Crippen molar-refractivity contribution in [3.63, 3.8) is 0 Å². The molecule has 0 atom stereocenters. The predicted octanol–water partition coefficient (Wildman–Crippen LogP) is 3.65. The molecule has 0 fully saturated rings. The average Bonchev–Trinajstić information content (AvgIpc) is 2.44. The van der Waals surface area contributed by atoms with Crippen LogP contribution in [0.5, 0.6) is 5.75 Å². The van der Waals surface area contributed by atoms with Crippen LogP contribution in [0.3, 0.4) is 0 Å². The van der Waals surface area contributed by atoms with Crippen LogP contribution in [0.2, 0.25) is 5.02 Å². The summed E-state index contributed by atoms with van der Waals surface area (Å²) in [6, 6.07) is 4.92. The van der Waals surface area contributed by atoms with Crippen molar-refractivity contribution in [2.75, 3.05) is 13.2 Å². The third-order valence-corrected chi connectivity index (χ3v) is 2.98. The van der Waals surface area contributed by atoms with E-state index in [-0.39, 0.29) is 5.97 Å². The third-order valence-electron chi connectivity index (χ3n) is 2.68. The van der Waals surface area contributed by atoms with E-state index in [4.69, 9.17) is 21.1 Å². The van der Waals surface area contributed by atoms with Crippen LogP contribution in [-0.4, -0.2) is 25.5 Å². The summed E-state index contributed by atoms with van der Waals surface area (Å²) < 4.78 is 10.4. The maximum absolute atomic E-state index is 11.1. The molecule has 0 heterocycles. The highest BCUT2D eigenvalue weighted by Gasteiger charge is 2.04. The van der Waals surface area contributed by atoms with E-state index in [2.05, 4.69) is 0 Å². The molecule has 0 unspecified atom stereocenters. The number of aldehydes is 1. The van der Waals surface area contributed by atoms with Crippen LogP contribution in [0.15, 0.2) is 18.2 Å². The number of unbranched alkanes of at least 4 members (excludes halogenated alkanes) is 2. The fourth-order valence-electron chi connectivity index (χ4n) is 1.67. The van der Waals surface area contributed by atoms with Crippen molar-refractivity contribution in [2.45, 2.75) is 32.6 Å². The van der Waals surface area contributed by atoms with E-state index < -0.39 is 0 Å². The Balaban J connectivity index is 2.18. The Labute approximate surface area is 124 Å². The molecule has 1 rings (SSSR count). The van der Waals surface area contributed by atoms with Crippen LogP contribution in [0.1, 0.15) is 43.0 Å². The molecule has 0 bridgehead atoms. The van der Waals surface area contributed by atoms with Gasteiger partial charge in [-0.05, 0) is 44.4 Å². The van der Waals surface area contributed by atoms with Crippen molar-refractivity contribution in [1.82, 2.24) is 0 Å². The fourth-order valence-corrected chi connectivity index (χ4v) is 1.91. The topological polar surface area (TPSA) is 52.6 Å². The zero-order valence-corrected chi connectivity index (χ0v) is 12.3. The lowest BCUT2D eigenvalue weighted by molar-refractivity contribution is -0.143. The zero-order chi connectivity index (χ0) is 14.8.